The van der Waals surface area contributed by atoms with Crippen molar-refractivity contribution in [3.8, 4) is 0 Å². The Morgan fingerprint density at radius 1 is 1.25 bits per heavy atom. The molecule has 3 rings (SSSR count). The zero-order chi connectivity index (χ0) is 17.3. The molecular formula is C18H30N4OS. The van der Waals surface area contributed by atoms with Gasteiger partial charge in [-0.2, -0.15) is 5.10 Å². The molecule has 0 atom stereocenters. The summed E-state index contributed by atoms with van der Waals surface area (Å²) in [7, 11) is 0. The molecular weight excluding hydrogens is 320 g/mol. The zero-order valence-electron chi connectivity index (χ0n) is 15.1. The number of aromatic amines is 1. The summed E-state index contributed by atoms with van der Waals surface area (Å²) in [4.78, 5) is 12.3. The van der Waals surface area contributed by atoms with Crippen molar-refractivity contribution in [2.24, 2.45) is 17.3 Å². The third kappa shape index (κ3) is 4.26. The van der Waals surface area contributed by atoms with E-state index >= 15 is 0 Å². The molecule has 5 nitrogen and oxygen atoms in total. The quantitative estimate of drug-likeness (QED) is 0.785. The van der Waals surface area contributed by atoms with Gasteiger partial charge in [0.05, 0.1) is 6.54 Å². The van der Waals surface area contributed by atoms with Gasteiger partial charge in [-0.3, -0.25) is 14.5 Å². The number of hydrogen-bond donors (Lipinski definition) is 2. The number of carbonyl (C=O) groups is 1. The third-order valence-electron chi connectivity index (χ3n) is 5.68. The van der Waals surface area contributed by atoms with Gasteiger partial charge in [0.2, 0.25) is 5.91 Å². The summed E-state index contributed by atoms with van der Waals surface area (Å²) in [6.07, 6.45) is 7.82. The summed E-state index contributed by atoms with van der Waals surface area (Å²) in [5.74, 6) is 2.33. The number of nitrogens with one attached hydrogen (secondary N) is 2. The van der Waals surface area contributed by atoms with E-state index in [2.05, 4.69) is 40.9 Å². The lowest BCUT2D eigenvalue weighted by atomic mass is 9.69. The topological polar surface area (TPSA) is 62.7 Å². The molecule has 0 radical (unpaired) electrons. The van der Waals surface area contributed by atoms with E-state index in [1.807, 2.05) is 0 Å². The van der Waals surface area contributed by atoms with Gasteiger partial charge in [-0.05, 0) is 68.0 Å². The number of H-pyrrole nitrogens is 1. The Labute approximate surface area is 149 Å². The molecule has 0 aliphatic heterocycles. The molecule has 2 saturated carbocycles. The largest absolute Gasteiger partial charge is 0.349 e. The van der Waals surface area contributed by atoms with Crippen LogP contribution in [0, 0.1) is 22.0 Å². The molecule has 0 unspecified atom stereocenters. The maximum Gasteiger partial charge on any atom is 0.220 e. The second-order valence-corrected chi connectivity index (χ2v) is 9.00. The standard InChI is InChI=1S/C18H30N4OS/c1-18(2,3)13-6-4-12(5-7-13)10-16(23)19-11-15-20-21-17(24)22(15)14-8-9-14/h12-14H,4-11H2,1-3H3,(H,19,23)(H,21,24). The van der Waals surface area contributed by atoms with Gasteiger partial charge in [0.15, 0.2) is 10.6 Å². The van der Waals surface area contributed by atoms with E-state index in [9.17, 15) is 4.79 Å². The maximum atomic E-state index is 12.3. The Morgan fingerprint density at radius 2 is 1.92 bits per heavy atom. The lowest BCUT2D eigenvalue weighted by molar-refractivity contribution is -0.122. The summed E-state index contributed by atoms with van der Waals surface area (Å²) in [6.45, 7) is 7.46. The molecule has 2 aliphatic carbocycles. The van der Waals surface area contributed by atoms with E-state index in [0.717, 1.165) is 24.6 Å². The lowest BCUT2D eigenvalue weighted by Crippen LogP contribution is -2.30. The number of hydrogen-bond acceptors (Lipinski definition) is 3. The van der Waals surface area contributed by atoms with Crippen LogP contribution in [-0.2, 0) is 11.3 Å². The highest BCUT2D eigenvalue weighted by Gasteiger charge is 2.30. The number of nitrogens with zero attached hydrogens (tertiary/aromatic N) is 2. The van der Waals surface area contributed by atoms with Crippen LogP contribution >= 0.6 is 12.2 Å². The Morgan fingerprint density at radius 3 is 2.50 bits per heavy atom. The van der Waals surface area contributed by atoms with Crippen LogP contribution in [0.15, 0.2) is 0 Å². The minimum absolute atomic E-state index is 0.144. The minimum Gasteiger partial charge on any atom is -0.349 e. The van der Waals surface area contributed by atoms with Crippen molar-refractivity contribution in [2.75, 3.05) is 0 Å². The van der Waals surface area contributed by atoms with E-state index in [1.54, 1.807) is 0 Å². The Bertz CT molecular complexity index is 630. The summed E-state index contributed by atoms with van der Waals surface area (Å²) in [5, 5.41) is 10.1. The fraction of sp³-hybridized carbons (Fsp3) is 0.833. The second kappa shape index (κ2) is 6.98. The smallest absolute Gasteiger partial charge is 0.220 e. The van der Waals surface area contributed by atoms with Crippen LogP contribution in [0.25, 0.3) is 0 Å². The van der Waals surface area contributed by atoms with Gasteiger partial charge in [0.1, 0.15) is 0 Å². The van der Waals surface area contributed by atoms with Crippen molar-refractivity contribution in [3.05, 3.63) is 10.6 Å². The van der Waals surface area contributed by atoms with Gasteiger partial charge in [0, 0.05) is 12.5 Å². The first-order valence-corrected chi connectivity index (χ1v) is 9.68. The van der Waals surface area contributed by atoms with Crippen molar-refractivity contribution < 1.29 is 4.79 Å². The van der Waals surface area contributed by atoms with Gasteiger partial charge in [0.25, 0.3) is 0 Å². The molecule has 0 saturated heterocycles. The van der Waals surface area contributed by atoms with Gasteiger partial charge in [-0.15, -0.1) is 0 Å². The van der Waals surface area contributed by atoms with Gasteiger partial charge in [-0.25, -0.2) is 0 Å². The van der Waals surface area contributed by atoms with Crippen LogP contribution in [0.2, 0.25) is 0 Å². The zero-order valence-corrected chi connectivity index (χ0v) is 15.9. The van der Waals surface area contributed by atoms with Crippen molar-refractivity contribution in [2.45, 2.75) is 78.3 Å². The van der Waals surface area contributed by atoms with Crippen LogP contribution in [0.3, 0.4) is 0 Å². The molecule has 2 fully saturated rings. The van der Waals surface area contributed by atoms with Crippen LogP contribution in [0.1, 0.15) is 77.6 Å². The van der Waals surface area contributed by atoms with E-state index in [1.165, 1.54) is 25.7 Å². The first-order valence-electron chi connectivity index (χ1n) is 9.27. The van der Waals surface area contributed by atoms with Crippen LogP contribution in [0.5, 0.6) is 0 Å². The molecule has 1 heterocycles. The SMILES string of the molecule is CC(C)(C)C1CCC(CC(=O)NCc2n[nH]c(=S)n2C2CC2)CC1. The van der Waals surface area contributed by atoms with Crippen molar-refractivity contribution >= 4 is 18.1 Å². The van der Waals surface area contributed by atoms with Crippen molar-refractivity contribution in [1.29, 1.82) is 0 Å². The average Bonchev–Trinajstić information content (AvgIpc) is 3.28. The van der Waals surface area contributed by atoms with Crippen molar-refractivity contribution in [1.82, 2.24) is 20.1 Å². The number of rotatable bonds is 5. The van der Waals surface area contributed by atoms with E-state index in [-0.39, 0.29) is 5.91 Å². The molecule has 1 aromatic heterocycles. The molecule has 2 N–H and O–H groups in total. The maximum absolute atomic E-state index is 12.3. The highest BCUT2D eigenvalue weighted by Crippen LogP contribution is 2.40. The highest BCUT2D eigenvalue weighted by atomic mass is 32.1. The Kier molecular flexibility index (Phi) is 5.13. The van der Waals surface area contributed by atoms with E-state index in [0.29, 0.717) is 35.1 Å². The number of amides is 1. The summed E-state index contributed by atoms with van der Waals surface area (Å²) in [5.41, 5.74) is 0.394. The summed E-state index contributed by atoms with van der Waals surface area (Å²) in [6, 6.07) is 0.482. The molecule has 24 heavy (non-hydrogen) atoms. The van der Waals surface area contributed by atoms with Crippen LogP contribution in [0.4, 0.5) is 0 Å². The predicted octanol–water partition coefficient (Wildman–Crippen LogP) is 4.13. The fourth-order valence-electron chi connectivity index (χ4n) is 3.92. The van der Waals surface area contributed by atoms with Crippen molar-refractivity contribution in [3.63, 3.8) is 0 Å². The van der Waals surface area contributed by atoms with Crippen LogP contribution < -0.4 is 5.32 Å². The molecule has 0 bridgehead atoms. The molecule has 1 aromatic rings. The summed E-state index contributed by atoms with van der Waals surface area (Å²) < 4.78 is 2.73. The molecule has 0 spiro atoms. The number of aromatic nitrogens is 3. The van der Waals surface area contributed by atoms with Gasteiger partial charge in [-0.1, -0.05) is 20.8 Å². The predicted molar refractivity (Wildman–Crippen MR) is 97.0 cm³/mol. The average molecular weight is 351 g/mol. The molecule has 134 valence electrons. The minimum atomic E-state index is 0.144. The molecule has 1 amide bonds. The van der Waals surface area contributed by atoms with Crippen LogP contribution in [-0.4, -0.2) is 20.7 Å². The van der Waals surface area contributed by atoms with E-state index < -0.39 is 0 Å². The lowest BCUT2D eigenvalue weighted by Gasteiger charge is -2.36. The summed E-state index contributed by atoms with van der Waals surface area (Å²) >= 11 is 5.27. The molecule has 2 aliphatic rings. The normalized spacial score (nSPS) is 24.8. The van der Waals surface area contributed by atoms with Gasteiger partial charge < -0.3 is 5.32 Å². The fourth-order valence-corrected chi connectivity index (χ4v) is 4.22. The monoisotopic (exact) mass is 350 g/mol. The highest BCUT2D eigenvalue weighted by molar-refractivity contribution is 7.71. The Balaban J connectivity index is 1.45. The third-order valence-corrected chi connectivity index (χ3v) is 5.97. The first-order chi connectivity index (χ1) is 11.3. The number of carbonyl (C=O) groups excluding carboxylic acids is 1. The van der Waals surface area contributed by atoms with Gasteiger partial charge >= 0.3 is 0 Å². The Hall–Kier alpha value is -1.17. The van der Waals surface area contributed by atoms with E-state index in [4.69, 9.17) is 12.2 Å². The molecule has 6 heteroatoms. The second-order valence-electron chi connectivity index (χ2n) is 8.61. The molecule has 0 aromatic carbocycles. The first kappa shape index (κ1) is 17.6.